The van der Waals surface area contributed by atoms with E-state index in [1.165, 1.54) is 17.3 Å². The van der Waals surface area contributed by atoms with Crippen LogP contribution in [0.4, 0.5) is 0 Å². The summed E-state index contributed by atoms with van der Waals surface area (Å²) in [6.45, 7) is 4.55. The van der Waals surface area contributed by atoms with Gasteiger partial charge in [-0.2, -0.15) is 5.26 Å². The first kappa shape index (κ1) is 21.6. The van der Waals surface area contributed by atoms with Crippen molar-refractivity contribution in [2.75, 3.05) is 0 Å². The average Bonchev–Trinajstić information content (AvgIpc) is 3.25. The number of pyridine rings is 1. The maximum atomic E-state index is 9.01. The van der Waals surface area contributed by atoms with Crippen molar-refractivity contribution < 1.29 is 4.74 Å². The van der Waals surface area contributed by atoms with Gasteiger partial charge in [-0.3, -0.25) is 4.57 Å². The lowest BCUT2D eigenvalue weighted by Gasteiger charge is -2.18. The number of ether oxygens (including phenoxy) is 1. The second kappa shape index (κ2) is 10.1. The Morgan fingerprint density at radius 2 is 1.81 bits per heavy atom. The molecule has 2 aromatic carbocycles. The zero-order valence-corrected chi connectivity index (χ0v) is 18.8. The molecule has 6 nitrogen and oxygen atoms in total. The number of aryl methyl sites for hydroxylation is 1. The molecule has 4 aromatic rings. The van der Waals surface area contributed by atoms with Crippen LogP contribution in [0.1, 0.15) is 42.4 Å². The predicted molar refractivity (Wildman–Crippen MR) is 124 cm³/mol. The van der Waals surface area contributed by atoms with Gasteiger partial charge in [0.1, 0.15) is 23.5 Å². The van der Waals surface area contributed by atoms with Crippen molar-refractivity contribution in [2.45, 2.75) is 43.1 Å². The molecule has 4 rings (SSSR count). The van der Waals surface area contributed by atoms with Crippen LogP contribution in [0, 0.1) is 11.3 Å². The van der Waals surface area contributed by atoms with Crippen LogP contribution in [0.5, 0.6) is 5.75 Å². The number of benzene rings is 2. The molecule has 0 unspecified atom stereocenters. The largest absolute Gasteiger partial charge is 0.486 e. The SMILES string of the molecule is CCc1ccc(OCc2nnc(Sc3ccc(C#N)cn3)n2[C@@H](C)c2ccccc2)cc1. The van der Waals surface area contributed by atoms with E-state index in [-0.39, 0.29) is 6.04 Å². The van der Waals surface area contributed by atoms with Gasteiger partial charge in [0.05, 0.1) is 11.6 Å². The third-order valence-corrected chi connectivity index (χ3v) is 6.08. The number of hydrogen-bond donors (Lipinski definition) is 0. The molecule has 0 saturated carbocycles. The van der Waals surface area contributed by atoms with E-state index in [9.17, 15) is 0 Å². The van der Waals surface area contributed by atoms with Gasteiger partial charge in [0.15, 0.2) is 11.0 Å². The molecule has 2 heterocycles. The Morgan fingerprint density at radius 1 is 1.03 bits per heavy atom. The van der Waals surface area contributed by atoms with Crippen molar-refractivity contribution in [3.8, 4) is 11.8 Å². The summed E-state index contributed by atoms with van der Waals surface area (Å²) in [7, 11) is 0. The van der Waals surface area contributed by atoms with E-state index in [1.54, 1.807) is 12.3 Å². The van der Waals surface area contributed by atoms with Gasteiger partial charge in [-0.1, -0.05) is 49.4 Å². The fourth-order valence-electron chi connectivity index (χ4n) is 3.31. The van der Waals surface area contributed by atoms with Gasteiger partial charge >= 0.3 is 0 Å². The minimum absolute atomic E-state index is 0.00755. The summed E-state index contributed by atoms with van der Waals surface area (Å²) in [5.74, 6) is 1.53. The zero-order chi connectivity index (χ0) is 22.3. The molecular weight excluding hydrogens is 418 g/mol. The van der Waals surface area contributed by atoms with Gasteiger partial charge in [-0.05, 0) is 60.5 Å². The van der Waals surface area contributed by atoms with Gasteiger partial charge in [-0.25, -0.2) is 4.98 Å². The highest BCUT2D eigenvalue weighted by Crippen LogP contribution is 2.30. The van der Waals surface area contributed by atoms with Crippen LogP contribution in [-0.2, 0) is 13.0 Å². The molecule has 0 amide bonds. The van der Waals surface area contributed by atoms with Crippen molar-refractivity contribution in [1.82, 2.24) is 19.7 Å². The summed E-state index contributed by atoms with van der Waals surface area (Å²) in [4.78, 5) is 4.37. The van der Waals surface area contributed by atoms with E-state index in [2.05, 4.69) is 63.9 Å². The average molecular weight is 442 g/mol. The standard InChI is InChI=1S/C25H23N5OS/c1-3-19-9-12-22(13-10-19)31-17-23-28-29-25(32-24-14-11-20(15-26)16-27-24)30(23)18(2)21-7-5-4-6-8-21/h4-14,16,18H,3,17H2,1-2H3/t18-/m0/s1. The lowest BCUT2D eigenvalue weighted by atomic mass is 10.1. The van der Waals surface area contributed by atoms with Crippen LogP contribution >= 0.6 is 11.8 Å². The highest BCUT2D eigenvalue weighted by atomic mass is 32.2. The second-order valence-electron chi connectivity index (χ2n) is 7.24. The lowest BCUT2D eigenvalue weighted by Crippen LogP contribution is -2.14. The van der Waals surface area contributed by atoms with Crippen LogP contribution in [0.25, 0.3) is 0 Å². The van der Waals surface area contributed by atoms with Gasteiger partial charge in [0, 0.05) is 6.20 Å². The smallest absolute Gasteiger partial charge is 0.198 e. The van der Waals surface area contributed by atoms with Crippen LogP contribution in [-0.4, -0.2) is 19.7 Å². The van der Waals surface area contributed by atoms with E-state index < -0.39 is 0 Å². The molecule has 0 saturated heterocycles. The molecule has 160 valence electrons. The monoisotopic (exact) mass is 441 g/mol. The number of rotatable bonds is 8. The molecule has 0 aliphatic rings. The van der Waals surface area contributed by atoms with Crippen LogP contribution in [0.3, 0.4) is 0 Å². The number of hydrogen-bond acceptors (Lipinski definition) is 6. The molecule has 2 aromatic heterocycles. The number of aromatic nitrogens is 4. The van der Waals surface area contributed by atoms with Crippen LogP contribution in [0.15, 0.2) is 83.1 Å². The Kier molecular flexibility index (Phi) is 6.83. The maximum Gasteiger partial charge on any atom is 0.198 e. The Hall–Kier alpha value is -3.63. The lowest BCUT2D eigenvalue weighted by molar-refractivity contribution is 0.285. The van der Waals surface area contributed by atoms with E-state index in [1.807, 2.05) is 36.4 Å². The number of nitriles is 1. The molecule has 1 atom stereocenters. The Labute approximate surface area is 191 Å². The Morgan fingerprint density at radius 3 is 2.47 bits per heavy atom. The van der Waals surface area contributed by atoms with Crippen molar-refractivity contribution in [3.63, 3.8) is 0 Å². The minimum atomic E-state index is 0.00755. The molecule has 0 aliphatic carbocycles. The molecular formula is C25H23N5OS. The van der Waals surface area contributed by atoms with Gasteiger partial charge in [-0.15, -0.1) is 10.2 Å². The summed E-state index contributed by atoms with van der Waals surface area (Å²) in [5.41, 5.74) is 2.94. The second-order valence-corrected chi connectivity index (χ2v) is 8.23. The molecule has 7 heteroatoms. The molecule has 0 aliphatic heterocycles. The molecule has 0 bridgehead atoms. The van der Waals surface area contributed by atoms with Crippen molar-refractivity contribution in [3.05, 3.63) is 95.4 Å². The quantitative estimate of drug-likeness (QED) is 0.362. The maximum absolute atomic E-state index is 9.01. The van der Waals surface area contributed by atoms with Gasteiger partial charge < -0.3 is 4.74 Å². The van der Waals surface area contributed by atoms with Crippen LogP contribution < -0.4 is 4.74 Å². The minimum Gasteiger partial charge on any atom is -0.486 e. The van der Waals surface area contributed by atoms with Crippen LogP contribution in [0.2, 0.25) is 0 Å². The van der Waals surface area contributed by atoms with E-state index >= 15 is 0 Å². The van der Waals surface area contributed by atoms with E-state index in [0.29, 0.717) is 12.2 Å². The normalized spacial score (nSPS) is 11.7. The highest BCUT2D eigenvalue weighted by molar-refractivity contribution is 7.99. The predicted octanol–water partition coefficient (Wildman–Crippen LogP) is 5.45. The van der Waals surface area contributed by atoms with Crippen molar-refractivity contribution in [1.29, 1.82) is 5.26 Å². The first-order valence-electron chi connectivity index (χ1n) is 10.4. The van der Waals surface area contributed by atoms with Gasteiger partial charge in [0.2, 0.25) is 0 Å². The third-order valence-electron chi connectivity index (χ3n) is 5.17. The van der Waals surface area contributed by atoms with E-state index in [0.717, 1.165) is 33.7 Å². The molecule has 0 radical (unpaired) electrons. The fraction of sp³-hybridized carbons (Fsp3) is 0.200. The zero-order valence-electron chi connectivity index (χ0n) is 18.0. The molecule has 0 N–H and O–H groups in total. The first-order chi connectivity index (χ1) is 15.7. The van der Waals surface area contributed by atoms with Gasteiger partial charge in [0.25, 0.3) is 0 Å². The first-order valence-corrected chi connectivity index (χ1v) is 11.2. The fourth-order valence-corrected chi connectivity index (χ4v) is 4.19. The van der Waals surface area contributed by atoms with Crippen molar-refractivity contribution in [2.24, 2.45) is 0 Å². The summed E-state index contributed by atoms with van der Waals surface area (Å²) in [5, 5.41) is 19.3. The summed E-state index contributed by atoms with van der Waals surface area (Å²) in [6.07, 6.45) is 2.56. The Bertz CT molecular complexity index is 1200. The molecule has 32 heavy (non-hydrogen) atoms. The summed E-state index contributed by atoms with van der Waals surface area (Å²) < 4.78 is 8.11. The highest BCUT2D eigenvalue weighted by Gasteiger charge is 2.20. The molecule has 0 spiro atoms. The Balaban J connectivity index is 1.62. The summed E-state index contributed by atoms with van der Waals surface area (Å²) in [6, 6.07) is 24.0. The van der Waals surface area contributed by atoms with Crippen molar-refractivity contribution >= 4 is 11.8 Å². The topological polar surface area (TPSA) is 76.6 Å². The summed E-state index contributed by atoms with van der Waals surface area (Å²) >= 11 is 1.42. The van der Waals surface area contributed by atoms with E-state index in [4.69, 9.17) is 10.00 Å². The number of nitrogens with zero attached hydrogens (tertiary/aromatic N) is 5. The molecule has 0 fully saturated rings. The third kappa shape index (κ3) is 4.98.